The van der Waals surface area contributed by atoms with Crippen molar-refractivity contribution in [2.24, 2.45) is 28.8 Å². The molecular formula is C49H61N3O9. The number of non-ortho nitro benzene ring substituents is 1. The minimum atomic E-state index is -1.35. The first-order valence-electron chi connectivity index (χ1n) is 22.2. The van der Waals surface area contributed by atoms with Crippen molar-refractivity contribution in [2.75, 3.05) is 26.9 Å². The Morgan fingerprint density at radius 2 is 1.74 bits per heavy atom. The number of ether oxygens (including phenoxy) is 3. The fourth-order valence-electron chi connectivity index (χ4n) is 10.3. The second kappa shape index (κ2) is 20.7. The number of unbranched alkanes of at least 4 members (excludes halogenated alkanes) is 2. The van der Waals surface area contributed by atoms with Crippen molar-refractivity contribution in [3.8, 4) is 17.2 Å². The van der Waals surface area contributed by atoms with Gasteiger partial charge >= 0.3 is 0 Å². The first-order valence-corrected chi connectivity index (χ1v) is 22.2. The Balaban J connectivity index is 1.38. The maximum atomic E-state index is 14.4. The number of aliphatic hydroxyl groups excluding tert-OH is 2. The summed E-state index contributed by atoms with van der Waals surface area (Å²) in [6, 6.07) is 21.1. The van der Waals surface area contributed by atoms with Gasteiger partial charge in [0, 0.05) is 50.7 Å². The van der Waals surface area contributed by atoms with E-state index >= 15 is 0 Å². The third-order valence-electron chi connectivity index (χ3n) is 13.3. The Labute approximate surface area is 359 Å². The number of aliphatic hydroxyl groups is 2. The van der Waals surface area contributed by atoms with Crippen LogP contribution in [-0.2, 0) is 21.0 Å². The molecule has 326 valence electrons. The van der Waals surface area contributed by atoms with Gasteiger partial charge in [-0.05, 0) is 85.3 Å². The van der Waals surface area contributed by atoms with E-state index < -0.39 is 22.7 Å². The quantitative estimate of drug-likeness (QED) is 0.0462. The number of oxime groups is 1. The van der Waals surface area contributed by atoms with Crippen LogP contribution in [0.4, 0.5) is 5.69 Å². The lowest BCUT2D eigenvalue weighted by Crippen LogP contribution is -2.69. The number of rotatable bonds is 21. The third-order valence-corrected chi connectivity index (χ3v) is 13.3. The van der Waals surface area contributed by atoms with Crippen molar-refractivity contribution in [2.45, 2.75) is 108 Å². The van der Waals surface area contributed by atoms with Crippen LogP contribution >= 0.6 is 0 Å². The molecule has 1 heterocycles. The topological polar surface area (TPSA) is 153 Å². The molecule has 2 saturated carbocycles. The summed E-state index contributed by atoms with van der Waals surface area (Å²) in [4.78, 5) is 33.6. The second-order valence-electron chi connectivity index (χ2n) is 17.1. The average Bonchev–Trinajstić information content (AvgIpc) is 3.80. The fourth-order valence-corrected chi connectivity index (χ4v) is 10.3. The molecule has 0 bridgehead atoms. The zero-order chi connectivity index (χ0) is 42.8. The molecule has 1 amide bonds. The summed E-state index contributed by atoms with van der Waals surface area (Å²) in [6.07, 6.45) is 14.9. The summed E-state index contributed by atoms with van der Waals surface area (Å²) in [5.41, 5.74) is 3.50. The monoisotopic (exact) mass is 835 g/mol. The molecule has 2 fully saturated rings. The molecule has 6 atom stereocenters. The molecule has 0 radical (unpaired) electrons. The molecule has 0 saturated heterocycles. The van der Waals surface area contributed by atoms with E-state index in [1.54, 1.807) is 24.3 Å². The predicted molar refractivity (Wildman–Crippen MR) is 233 cm³/mol. The summed E-state index contributed by atoms with van der Waals surface area (Å²) in [6.45, 7) is 4.64. The van der Waals surface area contributed by atoms with Crippen LogP contribution in [0.1, 0.15) is 101 Å². The van der Waals surface area contributed by atoms with E-state index in [1.807, 2.05) is 54.4 Å². The van der Waals surface area contributed by atoms with Gasteiger partial charge in [0.15, 0.2) is 0 Å². The molecule has 0 aromatic heterocycles. The zero-order valence-electron chi connectivity index (χ0n) is 35.4. The van der Waals surface area contributed by atoms with Crippen molar-refractivity contribution in [1.82, 2.24) is 4.90 Å². The van der Waals surface area contributed by atoms with Gasteiger partial charge in [0.25, 0.3) is 5.69 Å². The van der Waals surface area contributed by atoms with E-state index in [0.717, 1.165) is 67.4 Å². The largest absolute Gasteiger partial charge is 0.459 e. The molecule has 4 aliphatic rings. The van der Waals surface area contributed by atoms with Gasteiger partial charge in [-0.1, -0.05) is 92.2 Å². The number of amides is 1. The van der Waals surface area contributed by atoms with E-state index in [1.165, 1.54) is 25.0 Å². The van der Waals surface area contributed by atoms with E-state index in [2.05, 4.69) is 12.7 Å². The molecular weight excluding hydrogens is 775 g/mol. The lowest BCUT2D eigenvalue weighted by molar-refractivity contribution is -0.384. The van der Waals surface area contributed by atoms with Crippen LogP contribution in [0.2, 0.25) is 0 Å². The van der Waals surface area contributed by atoms with E-state index in [4.69, 9.17) is 24.2 Å². The molecule has 2 N–H and O–H groups in total. The lowest BCUT2D eigenvalue weighted by atomic mass is 9.55. The maximum Gasteiger partial charge on any atom is 0.273 e. The number of nitro benzene ring substituents is 1. The smallest absolute Gasteiger partial charge is 0.273 e. The van der Waals surface area contributed by atoms with Gasteiger partial charge < -0.3 is 34.2 Å². The standard InChI is InChI=1S/C49H61N3O9/c1-3-28-58-49-45(51(2)46(55)25-22-34-14-7-8-15-34)32-43(50-59-33-35-16-5-4-6-17-35)41-29-36(18-9-11-26-53)40(21-10-12-27-54)47(48(41)49)42-31-39(23-24-44(42)61-49)60-38-20-13-19-37(30-38)52(56)57/h3-6,13,16-17,19-20,23-24,29-31,34,36,40,45,47-48,53-54H,1,7-12,14-15,18,21-22,25-28,32-33H2,2H3/t36-,40+,45-,47+,48+,49+/m0/s1. The average molecular weight is 836 g/mol. The van der Waals surface area contributed by atoms with Crippen LogP contribution in [0.3, 0.4) is 0 Å². The lowest BCUT2D eigenvalue weighted by Gasteiger charge is -2.59. The van der Waals surface area contributed by atoms with Gasteiger partial charge in [0.1, 0.15) is 29.9 Å². The Hall–Kier alpha value is -5.04. The van der Waals surface area contributed by atoms with Crippen molar-refractivity contribution in [3.05, 3.63) is 118 Å². The number of fused-ring (bicyclic) bond motifs is 2. The highest BCUT2D eigenvalue weighted by Gasteiger charge is 2.65. The molecule has 1 aliphatic heterocycles. The van der Waals surface area contributed by atoms with E-state index in [-0.39, 0.29) is 55.8 Å². The normalized spacial score (nSPS) is 24.9. The molecule has 61 heavy (non-hydrogen) atoms. The van der Waals surface area contributed by atoms with Crippen molar-refractivity contribution in [3.63, 3.8) is 0 Å². The Bertz CT molecular complexity index is 2030. The molecule has 3 aromatic rings. The molecule has 12 nitrogen and oxygen atoms in total. The number of carbonyl (C=O) groups is 1. The Morgan fingerprint density at radius 3 is 2.48 bits per heavy atom. The van der Waals surface area contributed by atoms with Crippen molar-refractivity contribution in [1.29, 1.82) is 0 Å². The minimum absolute atomic E-state index is 0.0271. The molecule has 3 aromatic carbocycles. The van der Waals surface area contributed by atoms with Crippen LogP contribution in [0, 0.1) is 33.8 Å². The summed E-state index contributed by atoms with van der Waals surface area (Å²) < 4.78 is 20.7. The second-order valence-corrected chi connectivity index (χ2v) is 17.1. The highest BCUT2D eigenvalue weighted by Crippen LogP contribution is 2.62. The molecule has 0 spiro atoms. The summed E-state index contributed by atoms with van der Waals surface area (Å²) in [5, 5.41) is 36.4. The number of likely N-dealkylation sites (N-methyl/N-ethyl adjacent to an activating group) is 1. The Kier molecular flexibility index (Phi) is 14.9. The fraction of sp³-hybridized carbons (Fsp3) is 0.510. The first-order chi connectivity index (χ1) is 29.8. The number of nitrogens with zero attached hydrogens (tertiary/aromatic N) is 3. The molecule has 3 aliphatic carbocycles. The van der Waals surface area contributed by atoms with Crippen LogP contribution in [0.25, 0.3) is 0 Å². The summed E-state index contributed by atoms with van der Waals surface area (Å²) >= 11 is 0. The van der Waals surface area contributed by atoms with Crippen LogP contribution in [0.5, 0.6) is 17.2 Å². The number of allylic oxidation sites excluding steroid dienone is 1. The third kappa shape index (κ3) is 10.0. The number of benzene rings is 3. The number of hydrogen-bond donors (Lipinski definition) is 2. The van der Waals surface area contributed by atoms with Gasteiger partial charge in [-0.3, -0.25) is 14.9 Å². The van der Waals surface area contributed by atoms with Gasteiger partial charge in [-0.15, -0.1) is 6.58 Å². The molecule has 7 rings (SSSR count). The van der Waals surface area contributed by atoms with Crippen molar-refractivity contribution < 1.29 is 39.0 Å². The number of hydrogen-bond acceptors (Lipinski definition) is 10. The van der Waals surface area contributed by atoms with E-state index in [9.17, 15) is 25.1 Å². The SMILES string of the molecule is C=CCO[C@@]12Oc3ccc(Oc4cccc([N+](=O)[O-])c4)cc3[C@H]3[C@H](CCCCO)[C@@H](CCCCO)C=C(C(=NOCc4ccccc4)C[C@@H]1N(C)C(=O)CCC1CCCC1)[C@H]32. The number of nitro groups is 1. The van der Waals surface area contributed by atoms with Crippen LogP contribution < -0.4 is 9.47 Å². The summed E-state index contributed by atoms with van der Waals surface area (Å²) in [7, 11) is 1.86. The molecule has 0 unspecified atom stereocenters. The highest BCUT2D eigenvalue weighted by molar-refractivity contribution is 6.03. The van der Waals surface area contributed by atoms with Gasteiger partial charge in [-0.2, -0.15) is 0 Å². The predicted octanol–water partition coefficient (Wildman–Crippen LogP) is 9.65. The van der Waals surface area contributed by atoms with Gasteiger partial charge in [0.2, 0.25) is 11.7 Å². The maximum absolute atomic E-state index is 14.4. The summed E-state index contributed by atoms with van der Waals surface area (Å²) in [5.74, 6) is 0.0828. The van der Waals surface area contributed by atoms with Crippen molar-refractivity contribution >= 4 is 17.3 Å². The van der Waals surface area contributed by atoms with Crippen LogP contribution in [-0.4, -0.2) is 70.4 Å². The van der Waals surface area contributed by atoms with Gasteiger partial charge in [0.05, 0.1) is 29.2 Å². The minimum Gasteiger partial charge on any atom is -0.459 e. The van der Waals surface area contributed by atoms with Gasteiger partial charge in [-0.25, -0.2) is 0 Å². The molecule has 12 heteroatoms. The van der Waals surface area contributed by atoms with Crippen LogP contribution in [0.15, 0.2) is 102 Å². The Morgan fingerprint density at radius 1 is 0.984 bits per heavy atom. The first kappa shape index (κ1) is 44.0. The zero-order valence-corrected chi connectivity index (χ0v) is 35.4. The highest BCUT2D eigenvalue weighted by atomic mass is 16.7. The number of carbonyl (C=O) groups excluding carboxylic acids is 1. The van der Waals surface area contributed by atoms with E-state index in [0.29, 0.717) is 48.8 Å².